The van der Waals surface area contributed by atoms with Crippen molar-refractivity contribution >= 4 is 16.3 Å². The van der Waals surface area contributed by atoms with Crippen LogP contribution < -0.4 is 0 Å². The molecule has 0 aliphatic rings. The first-order chi connectivity index (χ1) is 10.6. The van der Waals surface area contributed by atoms with Crippen LogP contribution in [0, 0.1) is 18.8 Å². The largest absolute Gasteiger partial charge is 0.501 e. The first kappa shape index (κ1) is 19.7. The molecule has 23 heavy (non-hydrogen) atoms. The summed E-state index contributed by atoms with van der Waals surface area (Å²) in [7, 11) is -0.597. The summed E-state index contributed by atoms with van der Waals surface area (Å²) in [4.78, 5) is 4.43. The zero-order valence-electron chi connectivity index (χ0n) is 15.2. The molecule has 0 aromatic carbocycles. The SMILES string of the molecule is CCO/C=C/c1nc(C)c(CC(C)C(C)C)n1S(=O)(=O)N(C)C. The lowest BCUT2D eigenvalue weighted by molar-refractivity contribution is 0.272. The van der Waals surface area contributed by atoms with Crippen LogP contribution in [0.5, 0.6) is 0 Å². The van der Waals surface area contributed by atoms with Gasteiger partial charge in [0.05, 0.1) is 24.3 Å². The Hall–Kier alpha value is -1.34. The van der Waals surface area contributed by atoms with Gasteiger partial charge < -0.3 is 4.74 Å². The molecule has 0 amide bonds. The monoisotopic (exact) mass is 343 g/mol. The Morgan fingerprint density at radius 2 is 1.91 bits per heavy atom. The van der Waals surface area contributed by atoms with Crippen molar-refractivity contribution in [1.29, 1.82) is 0 Å². The van der Waals surface area contributed by atoms with Crippen LogP contribution in [0.4, 0.5) is 0 Å². The van der Waals surface area contributed by atoms with Crippen LogP contribution in [0.25, 0.3) is 6.08 Å². The first-order valence-corrected chi connectivity index (χ1v) is 9.31. The molecule has 0 bridgehead atoms. The van der Waals surface area contributed by atoms with Crippen LogP contribution in [0.2, 0.25) is 0 Å². The second-order valence-corrected chi connectivity index (χ2v) is 8.23. The Morgan fingerprint density at radius 3 is 2.39 bits per heavy atom. The summed E-state index contributed by atoms with van der Waals surface area (Å²) < 4.78 is 33.2. The highest BCUT2D eigenvalue weighted by Gasteiger charge is 2.27. The predicted molar refractivity (Wildman–Crippen MR) is 93.3 cm³/mol. The maximum atomic E-state index is 12.7. The Balaban J connectivity index is 3.45. The summed E-state index contributed by atoms with van der Waals surface area (Å²) in [6, 6.07) is 0. The van der Waals surface area contributed by atoms with E-state index >= 15 is 0 Å². The lowest BCUT2D eigenvalue weighted by Crippen LogP contribution is -2.31. The van der Waals surface area contributed by atoms with Gasteiger partial charge in [-0.2, -0.15) is 12.7 Å². The maximum absolute atomic E-state index is 12.7. The minimum absolute atomic E-state index is 0.352. The summed E-state index contributed by atoms with van der Waals surface area (Å²) in [6.45, 7) is 10.6. The molecule has 0 aliphatic heterocycles. The van der Waals surface area contributed by atoms with E-state index in [0.717, 1.165) is 11.4 Å². The third-order valence-corrected chi connectivity index (χ3v) is 5.77. The van der Waals surface area contributed by atoms with Crippen molar-refractivity contribution in [3.63, 3.8) is 0 Å². The van der Waals surface area contributed by atoms with E-state index in [9.17, 15) is 8.42 Å². The number of imidazole rings is 1. The molecule has 132 valence electrons. The van der Waals surface area contributed by atoms with Gasteiger partial charge in [0.15, 0.2) is 5.82 Å². The van der Waals surface area contributed by atoms with Gasteiger partial charge in [-0.15, -0.1) is 0 Å². The molecule has 0 saturated heterocycles. The molecule has 1 atom stereocenters. The van der Waals surface area contributed by atoms with Crippen molar-refractivity contribution in [3.8, 4) is 0 Å². The number of ether oxygens (including phenoxy) is 1. The van der Waals surface area contributed by atoms with E-state index in [-0.39, 0.29) is 0 Å². The van der Waals surface area contributed by atoms with Gasteiger partial charge in [0.1, 0.15) is 0 Å². The predicted octanol–water partition coefficient (Wildman–Crippen LogP) is 2.69. The third-order valence-electron chi connectivity index (χ3n) is 3.98. The molecule has 1 heterocycles. The van der Waals surface area contributed by atoms with E-state index in [1.165, 1.54) is 28.6 Å². The number of aromatic nitrogens is 2. The summed E-state index contributed by atoms with van der Waals surface area (Å²) in [6.07, 6.45) is 3.74. The molecule has 0 saturated carbocycles. The van der Waals surface area contributed by atoms with E-state index in [0.29, 0.717) is 30.7 Å². The van der Waals surface area contributed by atoms with Gasteiger partial charge in [-0.25, -0.2) is 8.96 Å². The molecule has 0 radical (unpaired) electrons. The lowest BCUT2D eigenvalue weighted by atomic mass is 9.93. The Labute approximate surface area is 140 Å². The summed E-state index contributed by atoms with van der Waals surface area (Å²) in [5.41, 5.74) is 1.47. The summed E-state index contributed by atoms with van der Waals surface area (Å²) >= 11 is 0. The normalized spacial score (nSPS) is 14.1. The highest BCUT2D eigenvalue weighted by Crippen LogP contribution is 2.23. The van der Waals surface area contributed by atoms with Crippen LogP contribution in [0.15, 0.2) is 6.26 Å². The molecule has 0 spiro atoms. The smallest absolute Gasteiger partial charge is 0.308 e. The van der Waals surface area contributed by atoms with Crippen LogP contribution in [0.1, 0.15) is 44.9 Å². The van der Waals surface area contributed by atoms with Crippen LogP contribution in [0.3, 0.4) is 0 Å². The summed E-state index contributed by atoms with van der Waals surface area (Å²) in [5.74, 6) is 1.18. The zero-order chi connectivity index (χ0) is 17.8. The molecule has 1 aromatic heterocycles. The first-order valence-electron chi connectivity index (χ1n) is 7.92. The molecule has 0 N–H and O–H groups in total. The van der Waals surface area contributed by atoms with Crippen LogP contribution >= 0.6 is 0 Å². The van der Waals surface area contributed by atoms with Gasteiger partial charge in [0.2, 0.25) is 0 Å². The van der Waals surface area contributed by atoms with E-state index < -0.39 is 10.2 Å². The molecule has 7 heteroatoms. The highest BCUT2D eigenvalue weighted by atomic mass is 32.2. The van der Waals surface area contributed by atoms with Crippen molar-refractivity contribution in [2.45, 2.75) is 41.0 Å². The number of hydrogen-bond acceptors (Lipinski definition) is 4. The number of hydrogen-bond donors (Lipinski definition) is 0. The van der Waals surface area contributed by atoms with Crippen molar-refractivity contribution < 1.29 is 13.2 Å². The second-order valence-electron chi connectivity index (χ2n) is 6.24. The number of aryl methyl sites for hydroxylation is 1. The molecular formula is C16H29N3O3S. The Morgan fingerprint density at radius 1 is 1.30 bits per heavy atom. The highest BCUT2D eigenvalue weighted by molar-refractivity contribution is 7.87. The second kappa shape index (κ2) is 7.97. The fraction of sp³-hybridized carbons (Fsp3) is 0.688. The van der Waals surface area contributed by atoms with E-state index in [4.69, 9.17) is 4.74 Å². The average molecular weight is 343 g/mol. The number of rotatable bonds is 8. The van der Waals surface area contributed by atoms with Gasteiger partial charge in [-0.1, -0.05) is 20.8 Å². The minimum atomic E-state index is -3.65. The van der Waals surface area contributed by atoms with E-state index in [1.54, 1.807) is 6.08 Å². The zero-order valence-corrected chi connectivity index (χ0v) is 16.0. The van der Waals surface area contributed by atoms with Crippen molar-refractivity contribution in [3.05, 3.63) is 23.5 Å². The quantitative estimate of drug-likeness (QED) is 0.681. The van der Waals surface area contributed by atoms with Crippen molar-refractivity contribution in [2.75, 3.05) is 20.7 Å². The van der Waals surface area contributed by atoms with Crippen LogP contribution in [-0.2, 0) is 21.4 Å². The fourth-order valence-corrected chi connectivity index (χ4v) is 3.22. The molecular weight excluding hydrogens is 314 g/mol. The fourth-order valence-electron chi connectivity index (χ4n) is 2.07. The molecule has 0 aliphatic carbocycles. The molecule has 0 fully saturated rings. The third kappa shape index (κ3) is 4.57. The van der Waals surface area contributed by atoms with Gasteiger partial charge >= 0.3 is 10.2 Å². The molecule has 1 unspecified atom stereocenters. The Bertz CT molecular complexity index is 646. The maximum Gasteiger partial charge on any atom is 0.308 e. The van der Waals surface area contributed by atoms with E-state index in [2.05, 4.69) is 25.8 Å². The van der Waals surface area contributed by atoms with Crippen molar-refractivity contribution in [2.24, 2.45) is 11.8 Å². The van der Waals surface area contributed by atoms with Crippen LogP contribution in [-0.4, -0.2) is 42.4 Å². The standard InChI is InChI=1S/C16H29N3O3S/c1-8-22-10-9-16-17-14(5)15(11-13(4)12(2)3)19(16)23(20,21)18(6)7/h9-10,12-13H,8,11H2,1-7H3/b10-9+. The summed E-state index contributed by atoms with van der Waals surface area (Å²) in [5, 5.41) is 0. The molecule has 1 rings (SSSR count). The molecule has 1 aromatic rings. The molecule has 6 nitrogen and oxygen atoms in total. The van der Waals surface area contributed by atoms with Gasteiger partial charge in [0, 0.05) is 20.2 Å². The topological polar surface area (TPSA) is 64.4 Å². The average Bonchev–Trinajstić information content (AvgIpc) is 2.75. The lowest BCUT2D eigenvalue weighted by Gasteiger charge is -2.20. The Kier molecular flexibility index (Phi) is 6.83. The van der Waals surface area contributed by atoms with E-state index in [1.807, 2.05) is 13.8 Å². The van der Waals surface area contributed by atoms with Gasteiger partial charge in [-0.05, 0) is 32.1 Å². The van der Waals surface area contributed by atoms with Gasteiger partial charge in [0.25, 0.3) is 0 Å². The number of nitrogens with zero attached hydrogens (tertiary/aromatic N) is 3. The van der Waals surface area contributed by atoms with Crippen molar-refractivity contribution in [1.82, 2.24) is 13.3 Å². The minimum Gasteiger partial charge on any atom is -0.501 e. The van der Waals surface area contributed by atoms with Gasteiger partial charge in [-0.3, -0.25) is 0 Å².